The predicted molar refractivity (Wildman–Crippen MR) is 97.3 cm³/mol. The molecule has 0 heterocycles. The van der Waals surface area contributed by atoms with Crippen molar-refractivity contribution < 1.29 is 0 Å². The van der Waals surface area contributed by atoms with Gasteiger partial charge < -0.3 is 10.6 Å². The minimum absolute atomic E-state index is 0.0525. The molecule has 2 N–H and O–H groups in total. The molecule has 2 heteroatoms. The zero-order valence-corrected chi connectivity index (χ0v) is 14.5. The summed E-state index contributed by atoms with van der Waals surface area (Å²) in [6.07, 6.45) is 2.30. The highest BCUT2D eigenvalue weighted by molar-refractivity contribution is 5.86. The van der Waals surface area contributed by atoms with E-state index in [0.717, 1.165) is 13.0 Å². The first kappa shape index (κ1) is 17.0. The number of hydrogen-bond acceptors (Lipinski definition) is 2. The molecular formula is C20H30N2. The van der Waals surface area contributed by atoms with Crippen molar-refractivity contribution in [2.24, 2.45) is 11.7 Å². The molecule has 0 aliphatic rings. The highest BCUT2D eigenvalue weighted by atomic mass is 15.0. The van der Waals surface area contributed by atoms with Gasteiger partial charge in [0.15, 0.2) is 0 Å². The first-order valence-corrected chi connectivity index (χ1v) is 8.34. The van der Waals surface area contributed by atoms with Crippen molar-refractivity contribution in [3.63, 3.8) is 0 Å². The fourth-order valence-electron chi connectivity index (χ4n) is 3.55. The van der Waals surface area contributed by atoms with Crippen LogP contribution in [-0.2, 0) is 5.41 Å². The Balaban J connectivity index is 2.47. The number of nitrogens with two attached hydrogens (primary N) is 1. The van der Waals surface area contributed by atoms with Crippen molar-refractivity contribution in [3.8, 4) is 0 Å². The third-order valence-corrected chi connectivity index (χ3v) is 5.02. The van der Waals surface area contributed by atoms with Gasteiger partial charge in [-0.2, -0.15) is 0 Å². The molecule has 0 fully saturated rings. The largest absolute Gasteiger partial charge is 0.330 e. The van der Waals surface area contributed by atoms with E-state index in [0.29, 0.717) is 12.5 Å². The number of fused-ring (bicyclic) bond motifs is 1. The van der Waals surface area contributed by atoms with Crippen molar-refractivity contribution in [2.45, 2.75) is 32.1 Å². The molecule has 0 radical (unpaired) electrons. The summed E-state index contributed by atoms with van der Waals surface area (Å²) in [6, 6.07) is 15.3. The molecule has 0 bridgehead atoms. The molecule has 0 amide bonds. The van der Waals surface area contributed by atoms with Crippen LogP contribution in [0.5, 0.6) is 0 Å². The zero-order chi connectivity index (χ0) is 16.2. The van der Waals surface area contributed by atoms with Gasteiger partial charge in [-0.25, -0.2) is 0 Å². The Morgan fingerprint density at radius 3 is 2.36 bits per heavy atom. The van der Waals surface area contributed by atoms with E-state index in [-0.39, 0.29) is 5.41 Å². The van der Waals surface area contributed by atoms with Crippen molar-refractivity contribution in [3.05, 3.63) is 48.0 Å². The van der Waals surface area contributed by atoms with Crippen LogP contribution >= 0.6 is 0 Å². The van der Waals surface area contributed by atoms with Crippen LogP contribution in [0.3, 0.4) is 0 Å². The molecule has 0 spiro atoms. The Labute approximate surface area is 135 Å². The summed E-state index contributed by atoms with van der Waals surface area (Å²) in [4.78, 5) is 2.25. The summed E-state index contributed by atoms with van der Waals surface area (Å²) in [6.45, 7) is 6.43. The van der Waals surface area contributed by atoms with Crippen molar-refractivity contribution >= 4 is 10.8 Å². The van der Waals surface area contributed by atoms with Crippen LogP contribution in [0.2, 0.25) is 0 Å². The molecule has 0 saturated heterocycles. The van der Waals surface area contributed by atoms with Gasteiger partial charge in [-0.15, -0.1) is 0 Å². The maximum Gasteiger partial charge on any atom is 0.0105 e. The Hall–Kier alpha value is -1.38. The van der Waals surface area contributed by atoms with Crippen LogP contribution in [0.25, 0.3) is 10.8 Å². The number of benzene rings is 2. The number of hydrogen-bond donors (Lipinski definition) is 1. The monoisotopic (exact) mass is 298 g/mol. The summed E-state index contributed by atoms with van der Waals surface area (Å²) in [5.74, 6) is 0.519. The maximum atomic E-state index is 6.34. The van der Waals surface area contributed by atoms with E-state index < -0.39 is 0 Å². The molecule has 1 atom stereocenters. The van der Waals surface area contributed by atoms with Crippen molar-refractivity contribution in [1.82, 2.24) is 4.90 Å². The van der Waals surface area contributed by atoms with Crippen LogP contribution in [0.4, 0.5) is 0 Å². The zero-order valence-electron chi connectivity index (χ0n) is 14.5. The molecule has 2 nitrogen and oxygen atoms in total. The molecule has 22 heavy (non-hydrogen) atoms. The Kier molecular flexibility index (Phi) is 5.60. The second kappa shape index (κ2) is 7.26. The lowest BCUT2D eigenvalue weighted by Gasteiger charge is -2.38. The van der Waals surface area contributed by atoms with Gasteiger partial charge in [0.25, 0.3) is 0 Å². The molecule has 2 rings (SSSR count). The van der Waals surface area contributed by atoms with Crippen LogP contribution in [0, 0.1) is 5.92 Å². The third-order valence-electron chi connectivity index (χ3n) is 5.02. The molecule has 0 aliphatic carbocycles. The second-order valence-corrected chi connectivity index (χ2v) is 6.95. The topological polar surface area (TPSA) is 29.3 Å². The molecular weight excluding hydrogens is 268 g/mol. The standard InChI is InChI=1S/C20H30N2/c1-16(2)20(15-21,13-8-14-22(3)4)19-12-7-10-17-9-5-6-11-18(17)19/h5-7,9-12,16H,8,13-15,21H2,1-4H3/t20-/m0/s1. The van der Waals surface area contributed by atoms with Crippen LogP contribution in [0.15, 0.2) is 42.5 Å². The lowest BCUT2D eigenvalue weighted by molar-refractivity contribution is 0.270. The minimum Gasteiger partial charge on any atom is -0.330 e. The second-order valence-electron chi connectivity index (χ2n) is 6.95. The van der Waals surface area contributed by atoms with E-state index in [1.54, 1.807) is 0 Å². The van der Waals surface area contributed by atoms with E-state index in [2.05, 4.69) is 75.3 Å². The van der Waals surface area contributed by atoms with Gasteiger partial charge in [0.2, 0.25) is 0 Å². The number of rotatable bonds is 7. The van der Waals surface area contributed by atoms with Crippen LogP contribution in [-0.4, -0.2) is 32.1 Å². The minimum atomic E-state index is 0.0525. The molecule has 0 saturated carbocycles. The van der Waals surface area contributed by atoms with Gasteiger partial charge in [0, 0.05) is 12.0 Å². The third kappa shape index (κ3) is 3.34. The van der Waals surface area contributed by atoms with Crippen molar-refractivity contribution in [1.29, 1.82) is 0 Å². The van der Waals surface area contributed by atoms with Gasteiger partial charge in [-0.05, 0) is 55.7 Å². The average molecular weight is 298 g/mol. The molecule has 120 valence electrons. The van der Waals surface area contributed by atoms with Gasteiger partial charge in [-0.3, -0.25) is 0 Å². The van der Waals surface area contributed by atoms with E-state index in [1.165, 1.54) is 22.8 Å². The highest BCUT2D eigenvalue weighted by Gasteiger charge is 2.35. The predicted octanol–water partition coefficient (Wildman–Crippen LogP) is 4.03. The SMILES string of the molecule is CC(C)[C@@](CN)(CCCN(C)C)c1cccc2ccccc12. The lowest BCUT2D eigenvalue weighted by atomic mass is 9.67. The van der Waals surface area contributed by atoms with Gasteiger partial charge >= 0.3 is 0 Å². The van der Waals surface area contributed by atoms with E-state index in [4.69, 9.17) is 5.73 Å². The van der Waals surface area contributed by atoms with Crippen molar-refractivity contribution in [2.75, 3.05) is 27.2 Å². The molecule has 2 aromatic rings. The maximum absolute atomic E-state index is 6.34. The van der Waals surface area contributed by atoms with Gasteiger partial charge in [0.05, 0.1) is 0 Å². The summed E-state index contributed by atoms with van der Waals surface area (Å²) in [5, 5.41) is 2.67. The summed E-state index contributed by atoms with van der Waals surface area (Å²) in [5.41, 5.74) is 7.81. The van der Waals surface area contributed by atoms with E-state index in [9.17, 15) is 0 Å². The van der Waals surface area contributed by atoms with E-state index >= 15 is 0 Å². The first-order valence-electron chi connectivity index (χ1n) is 8.34. The number of nitrogens with zero attached hydrogens (tertiary/aromatic N) is 1. The summed E-state index contributed by atoms with van der Waals surface area (Å²) in [7, 11) is 4.27. The Bertz CT molecular complexity index is 598. The highest BCUT2D eigenvalue weighted by Crippen LogP contribution is 2.39. The Morgan fingerprint density at radius 2 is 1.73 bits per heavy atom. The summed E-state index contributed by atoms with van der Waals surface area (Å²) >= 11 is 0. The van der Waals surface area contributed by atoms with Crippen LogP contribution < -0.4 is 5.73 Å². The molecule has 2 aromatic carbocycles. The van der Waals surface area contributed by atoms with E-state index in [1.807, 2.05) is 0 Å². The summed E-state index contributed by atoms with van der Waals surface area (Å²) < 4.78 is 0. The fourth-order valence-corrected chi connectivity index (χ4v) is 3.55. The molecule has 0 aromatic heterocycles. The molecule has 0 aliphatic heterocycles. The van der Waals surface area contributed by atoms with Gasteiger partial charge in [-0.1, -0.05) is 56.3 Å². The smallest absolute Gasteiger partial charge is 0.0105 e. The average Bonchev–Trinajstić information content (AvgIpc) is 2.51. The molecule has 0 unspecified atom stereocenters. The van der Waals surface area contributed by atoms with Gasteiger partial charge in [0.1, 0.15) is 0 Å². The normalized spacial score (nSPS) is 14.7. The first-order chi connectivity index (χ1) is 10.5. The lowest BCUT2D eigenvalue weighted by Crippen LogP contribution is -2.41. The quantitative estimate of drug-likeness (QED) is 0.836. The Morgan fingerprint density at radius 1 is 1.05 bits per heavy atom. The van der Waals surface area contributed by atoms with Crippen LogP contribution in [0.1, 0.15) is 32.3 Å². The fraction of sp³-hybridized carbons (Fsp3) is 0.500.